The number of carbonyl (C=O) groups excluding carboxylic acids is 1. The Morgan fingerprint density at radius 2 is 1.95 bits per heavy atom. The zero-order valence-electron chi connectivity index (χ0n) is 13.0. The summed E-state index contributed by atoms with van der Waals surface area (Å²) in [6.45, 7) is 5.75. The molecule has 1 heterocycles. The minimum absolute atomic E-state index is 0. The smallest absolute Gasteiger partial charge is 0.246 e. The highest BCUT2D eigenvalue weighted by molar-refractivity contribution is 5.87. The van der Waals surface area contributed by atoms with E-state index in [9.17, 15) is 4.79 Å². The first-order chi connectivity index (χ1) is 9.55. The highest BCUT2D eigenvalue weighted by atomic mass is 35.5. The van der Waals surface area contributed by atoms with Gasteiger partial charge in [-0.15, -0.1) is 12.4 Å². The molecule has 1 fully saturated rings. The first-order valence-corrected chi connectivity index (χ1v) is 7.69. The zero-order chi connectivity index (χ0) is 14.6. The fourth-order valence-electron chi connectivity index (χ4n) is 3.01. The summed E-state index contributed by atoms with van der Waals surface area (Å²) >= 11 is 0. The van der Waals surface area contributed by atoms with Crippen molar-refractivity contribution in [3.05, 3.63) is 35.9 Å². The van der Waals surface area contributed by atoms with Crippen LogP contribution in [0, 0.1) is 5.92 Å². The van der Waals surface area contributed by atoms with Crippen LogP contribution in [0.3, 0.4) is 0 Å². The van der Waals surface area contributed by atoms with Gasteiger partial charge in [-0.1, -0.05) is 43.7 Å². The Kier molecular flexibility index (Phi) is 6.69. The largest absolute Gasteiger partial charge is 0.341 e. The molecule has 0 aliphatic carbocycles. The molecule has 2 rings (SSSR count). The maximum atomic E-state index is 12.8. The van der Waals surface area contributed by atoms with Crippen molar-refractivity contribution < 1.29 is 4.79 Å². The SMILES string of the molecule is CCC1CCCN(C(=O)C(C)(N)c2ccccc2)CC1.Cl. The van der Waals surface area contributed by atoms with Gasteiger partial charge in [-0.3, -0.25) is 4.79 Å². The van der Waals surface area contributed by atoms with Gasteiger partial charge >= 0.3 is 0 Å². The third-order valence-corrected chi connectivity index (χ3v) is 4.53. The molecule has 21 heavy (non-hydrogen) atoms. The Morgan fingerprint density at radius 3 is 2.57 bits per heavy atom. The molecule has 1 aliphatic rings. The number of likely N-dealkylation sites (tertiary alicyclic amines) is 1. The second-order valence-electron chi connectivity index (χ2n) is 6.07. The first-order valence-electron chi connectivity index (χ1n) is 7.69. The summed E-state index contributed by atoms with van der Waals surface area (Å²) in [7, 11) is 0. The number of benzene rings is 1. The third-order valence-electron chi connectivity index (χ3n) is 4.53. The molecule has 3 nitrogen and oxygen atoms in total. The Balaban J connectivity index is 0.00000220. The number of nitrogens with two attached hydrogens (primary N) is 1. The van der Waals surface area contributed by atoms with Crippen LogP contribution in [0.5, 0.6) is 0 Å². The zero-order valence-corrected chi connectivity index (χ0v) is 13.9. The predicted molar refractivity (Wildman–Crippen MR) is 89.4 cm³/mol. The molecule has 0 aromatic heterocycles. The van der Waals surface area contributed by atoms with E-state index in [1.54, 1.807) is 0 Å². The lowest BCUT2D eigenvalue weighted by molar-refractivity contribution is -0.136. The van der Waals surface area contributed by atoms with E-state index in [2.05, 4.69) is 6.92 Å². The predicted octanol–water partition coefficient (Wildman–Crippen LogP) is 3.32. The van der Waals surface area contributed by atoms with Gasteiger partial charge in [0.1, 0.15) is 5.54 Å². The topological polar surface area (TPSA) is 46.3 Å². The normalized spacial score (nSPS) is 21.9. The van der Waals surface area contributed by atoms with Crippen LogP contribution in [0.4, 0.5) is 0 Å². The summed E-state index contributed by atoms with van der Waals surface area (Å²) in [5.74, 6) is 0.814. The molecular formula is C17H27ClN2O. The number of nitrogens with zero attached hydrogens (tertiary/aromatic N) is 1. The molecule has 118 valence electrons. The lowest BCUT2D eigenvalue weighted by Crippen LogP contribution is -2.51. The molecule has 1 amide bonds. The molecule has 4 heteroatoms. The van der Waals surface area contributed by atoms with Crippen molar-refractivity contribution in [3.8, 4) is 0 Å². The Labute approximate surface area is 134 Å². The van der Waals surface area contributed by atoms with Crippen LogP contribution < -0.4 is 5.73 Å². The second kappa shape index (κ2) is 7.81. The van der Waals surface area contributed by atoms with Crippen molar-refractivity contribution in [1.82, 2.24) is 4.90 Å². The number of rotatable bonds is 3. The first kappa shape index (κ1) is 18.0. The summed E-state index contributed by atoms with van der Waals surface area (Å²) in [6, 6.07) is 9.68. The van der Waals surface area contributed by atoms with Gasteiger partial charge in [-0.05, 0) is 37.7 Å². The molecule has 2 atom stereocenters. The monoisotopic (exact) mass is 310 g/mol. The quantitative estimate of drug-likeness (QED) is 0.931. The number of hydrogen-bond acceptors (Lipinski definition) is 2. The van der Waals surface area contributed by atoms with Crippen LogP contribution in [-0.4, -0.2) is 23.9 Å². The van der Waals surface area contributed by atoms with Crippen molar-refractivity contribution in [2.45, 2.75) is 45.1 Å². The number of hydrogen-bond donors (Lipinski definition) is 1. The highest BCUT2D eigenvalue weighted by Gasteiger charge is 2.34. The Hall–Kier alpha value is -1.06. The molecule has 2 unspecified atom stereocenters. The van der Waals surface area contributed by atoms with Crippen molar-refractivity contribution in [3.63, 3.8) is 0 Å². The standard InChI is InChI=1S/C17H26N2O.ClH/c1-3-14-8-7-12-19(13-11-14)16(20)17(2,18)15-9-5-4-6-10-15;/h4-6,9-10,14H,3,7-8,11-13,18H2,1-2H3;1H. The van der Waals surface area contributed by atoms with Crippen LogP contribution in [-0.2, 0) is 10.3 Å². The van der Waals surface area contributed by atoms with Crippen molar-refractivity contribution >= 4 is 18.3 Å². The Morgan fingerprint density at radius 1 is 1.29 bits per heavy atom. The maximum absolute atomic E-state index is 12.8. The van der Waals surface area contributed by atoms with Gasteiger partial charge in [-0.25, -0.2) is 0 Å². The van der Waals surface area contributed by atoms with Gasteiger partial charge < -0.3 is 10.6 Å². The average Bonchev–Trinajstić information content (AvgIpc) is 2.72. The van der Waals surface area contributed by atoms with E-state index in [1.165, 1.54) is 12.8 Å². The summed E-state index contributed by atoms with van der Waals surface area (Å²) < 4.78 is 0. The van der Waals surface area contributed by atoms with Crippen molar-refractivity contribution in [2.75, 3.05) is 13.1 Å². The summed E-state index contributed by atoms with van der Waals surface area (Å²) in [6.07, 6.45) is 4.63. The molecule has 1 aromatic carbocycles. The van der Waals surface area contributed by atoms with E-state index in [0.29, 0.717) is 0 Å². The minimum atomic E-state index is -0.923. The molecule has 2 N–H and O–H groups in total. The van der Waals surface area contributed by atoms with Crippen LogP contribution in [0.1, 0.15) is 45.1 Å². The maximum Gasteiger partial charge on any atom is 0.246 e. The molecule has 1 aliphatic heterocycles. The summed E-state index contributed by atoms with van der Waals surface area (Å²) in [5, 5.41) is 0. The molecule has 0 spiro atoms. The average molecular weight is 311 g/mol. The molecule has 0 radical (unpaired) electrons. The fourth-order valence-corrected chi connectivity index (χ4v) is 3.01. The van der Waals surface area contributed by atoms with Gasteiger partial charge in [-0.2, -0.15) is 0 Å². The minimum Gasteiger partial charge on any atom is -0.341 e. The number of halogens is 1. The molecule has 1 aromatic rings. The van der Waals surface area contributed by atoms with E-state index in [4.69, 9.17) is 5.73 Å². The van der Waals surface area contributed by atoms with Gasteiger partial charge in [0.05, 0.1) is 0 Å². The van der Waals surface area contributed by atoms with E-state index in [-0.39, 0.29) is 18.3 Å². The van der Waals surface area contributed by atoms with Crippen molar-refractivity contribution in [2.24, 2.45) is 11.7 Å². The summed E-state index contributed by atoms with van der Waals surface area (Å²) in [5.41, 5.74) is 6.31. The number of amides is 1. The van der Waals surface area contributed by atoms with Gasteiger partial charge in [0.2, 0.25) is 5.91 Å². The van der Waals surface area contributed by atoms with E-state index in [0.717, 1.165) is 37.4 Å². The highest BCUT2D eigenvalue weighted by Crippen LogP contribution is 2.25. The van der Waals surface area contributed by atoms with Gasteiger partial charge in [0.15, 0.2) is 0 Å². The molecule has 0 bridgehead atoms. The van der Waals surface area contributed by atoms with Crippen LogP contribution in [0.2, 0.25) is 0 Å². The van der Waals surface area contributed by atoms with Crippen molar-refractivity contribution in [1.29, 1.82) is 0 Å². The van der Waals surface area contributed by atoms with Gasteiger partial charge in [0.25, 0.3) is 0 Å². The van der Waals surface area contributed by atoms with E-state index in [1.807, 2.05) is 42.2 Å². The molecule has 0 saturated carbocycles. The number of carbonyl (C=O) groups is 1. The van der Waals surface area contributed by atoms with Crippen LogP contribution >= 0.6 is 12.4 Å². The second-order valence-corrected chi connectivity index (χ2v) is 6.07. The molecular weight excluding hydrogens is 284 g/mol. The molecule has 1 saturated heterocycles. The lowest BCUT2D eigenvalue weighted by Gasteiger charge is -2.31. The van der Waals surface area contributed by atoms with Crippen LogP contribution in [0.25, 0.3) is 0 Å². The van der Waals surface area contributed by atoms with Gasteiger partial charge in [0, 0.05) is 13.1 Å². The van der Waals surface area contributed by atoms with E-state index >= 15 is 0 Å². The van der Waals surface area contributed by atoms with E-state index < -0.39 is 5.54 Å². The summed E-state index contributed by atoms with van der Waals surface area (Å²) in [4.78, 5) is 14.7. The van der Waals surface area contributed by atoms with Crippen LogP contribution in [0.15, 0.2) is 30.3 Å². The Bertz CT molecular complexity index is 447. The lowest BCUT2D eigenvalue weighted by atomic mass is 9.91. The fraction of sp³-hybridized carbons (Fsp3) is 0.588. The third kappa shape index (κ3) is 4.21.